The lowest BCUT2D eigenvalue weighted by molar-refractivity contribution is -0.0497. The second-order valence-electron chi connectivity index (χ2n) is 13.5. The molecule has 1 saturated carbocycles. The van der Waals surface area contributed by atoms with Crippen molar-refractivity contribution in [3.05, 3.63) is 35.9 Å². The molecule has 15 heteroatoms. The Morgan fingerprint density at radius 2 is 1.84 bits per heavy atom. The molecular weight excluding hydrogens is 576 g/mol. The van der Waals surface area contributed by atoms with Crippen LogP contribution in [0, 0.1) is 5.92 Å². The molecule has 240 valence electrons. The third-order valence-electron chi connectivity index (χ3n) is 8.21. The number of carbonyl (C=O) groups excluding carboxylic acids is 2. The minimum atomic E-state index is -2.75. The average molecular weight is 618 g/mol. The number of piperidine rings is 1. The maximum Gasteiger partial charge on any atom is 0.410 e. The van der Waals surface area contributed by atoms with Crippen molar-refractivity contribution >= 4 is 17.8 Å². The number of amides is 2. The molecule has 0 aromatic carbocycles. The SMILES string of the molecule is CC(C)n1ncnc1C(=O)N[C@H](c1cn2ncc(C3CC(C)(O)CCN3C(=O)OC(C)(C)C)nc2n1)C1CCC(F)(F)CC1. The van der Waals surface area contributed by atoms with Crippen LogP contribution in [0.5, 0.6) is 0 Å². The number of hydrogen-bond acceptors (Lipinski definition) is 9. The standard InChI is InChI=1S/C29H41F2N9O4/c1-17(2)40-23(32-16-34-40)24(41)37-22(18-7-9-29(30,31)10-8-18)20-15-39-25(36-20)35-19(14-33-39)21-13-28(6,43)11-12-38(21)26(42)44-27(3,4)5/h14-18,21-22,43H,7-13H2,1-6H3,(H,37,41)/t21?,22-,28?/m0/s1. The van der Waals surface area contributed by atoms with E-state index in [0.29, 0.717) is 17.8 Å². The first-order valence-electron chi connectivity index (χ1n) is 15.0. The van der Waals surface area contributed by atoms with E-state index in [-0.39, 0.29) is 62.2 Å². The predicted octanol–water partition coefficient (Wildman–Crippen LogP) is 4.42. The topological polar surface area (TPSA) is 153 Å². The van der Waals surface area contributed by atoms with Crippen LogP contribution in [0.25, 0.3) is 5.78 Å². The number of halogens is 2. The highest BCUT2D eigenvalue weighted by Gasteiger charge is 2.42. The first kappa shape index (κ1) is 31.7. The van der Waals surface area contributed by atoms with Gasteiger partial charge in [-0.2, -0.15) is 10.2 Å². The van der Waals surface area contributed by atoms with Crippen LogP contribution < -0.4 is 5.32 Å². The summed E-state index contributed by atoms with van der Waals surface area (Å²) in [7, 11) is 0. The molecule has 2 N–H and O–H groups in total. The molecule has 13 nitrogen and oxygen atoms in total. The number of nitrogens with one attached hydrogen (secondary N) is 1. The summed E-state index contributed by atoms with van der Waals surface area (Å²) in [6.45, 7) is 11.1. The summed E-state index contributed by atoms with van der Waals surface area (Å²) in [4.78, 5) is 41.6. The molecule has 2 unspecified atom stereocenters. The summed E-state index contributed by atoms with van der Waals surface area (Å²) in [5, 5.41) is 22.5. The van der Waals surface area contributed by atoms with Crippen LogP contribution in [0.15, 0.2) is 18.7 Å². The number of likely N-dealkylation sites (tertiary alicyclic amines) is 1. The molecule has 0 bridgehead atoms. The maximum atomic E-state index is 14.1. The quantitative estimate of drug-likeness (QED) is 0.409. The van der Waals surface area contributed by atoms with E-state index in [1.165, 1.54) is 21.7 Å². The molecule has 2 amide bonds. The van der Waals surface area contributed by atoms with Gasteiger partial charge in [-0.05, 0) is 66.7 Å². The molecule has 1 saturated heterocycles. The second-order valence-corrected chi connectivity index (χ2v) is 13.5. The van der Waals surface area contributed by atoms with E-state index in [1.807, 2.05) is 13.8 Å². The van der Waals surface area contributed by atoms with Gasteiger partial charge >= 0.3 is 6.09 Å². The van der Waals surface area contributed by atoms with Crippen LogP contribution in [-0.2, 0) is 4.74 Å². The molecule has 3 aromatic rings. The monoisotopic (exact) mass is 617 g/mol. The Kier molecular flexibility index (Phi) is 8.37. The van der Waals surface area contributed by atoms with E-state index in [4.69, 9.17) is 9.72 Å². The van der Waals surface area contributed by atoms with Gasteiger partial charge in [0.05, 0.1) is 41.5 Å². The lowest BCUT2D eigenvalue weighted by Crippen LogP contribution is -2.48. The smallest absolute Gasteiger partial charge is 0.410 e. The summed E-state index contributed by atoms with van der Waals surface area (Å²) in [6, 6.07) is -1.45. The number of rotatable bonds is 6. The van der Waals surface area contributed by atoms with Gasteiger partial charge in [0.25, 0.3) is 11.7 Å². The van der Waals surface area contributed by atoms with Crippen LogP contribution in [-0.4, -0.2) is 80.0 Å². The van der Waals surface area contributed by atoms with E-state index in [9.17, 15) is 23.5 Å². The highest BCUT2D eigenvalue weighted by atomic mass is 19.3. The first-order valence-corrected chi connectivity index (χ1v) is 15.0. The average Bonchev–Trinajstić information content (AvgIpc) is 3.58. The predicted molar refractivity (Wildman–Crippen MR) is 154 cm³/mol. The Morgan fingerprint density at radius 3 is 2.50 bits per heavy atom. The summed E-state index contributed by atoms with van der Waals surface area (Å²) in [6.07, 6.45) is 4.32. The summed E-state index contributed by atoms with van der Waals surface area (Å²) in [5.41, 5.74) is -0.906. The molecule has 1 aliphatic carbocycles. The van der Waals surface area contributed by atoms with E-state index in [1.54, 1.807) is 38.8 Å². The lowest BCUT2D eigenvalue weighted by atomic mass is 9.81. The van der Waals surface area contributed by atoms with Crippen LogP contribution in [0.3, 0.4) is 0 Å². The molecule has 0 radical (unpaired) electrons. The van der Waals surface area contributed by atoms with E-state index in [0.717, 1.165) is 0 Å². The largest absolute Gasteiger partial charge is 0.444 e. The molecule has 5 rings (SSSR count). The number of imidazole rings is 1. The summed E-state index contributed by atoms with van der Waals surface area (Å²) in [5.74, 6) is -3.23. The summed E-state index contributed by atoms with van der Waals surface area (Å²) >= 11 is 0. The van der Waals surface area contributed by atoms with Gasteiger partial charge in [-0.25, -0.2) is 37.7 Å². The number of carbonyl (C=O) groups is 2. The molecule has 0 spiro atoms. The Bertz CT molecular complexity index is 1500. The van der Waals surface area contributed by atoms with E-state index < -0.39 is 41.2 Å². The molecule has 2 aliphatic rings. The van der Waals surface area contributed by atoms with Gasteiger partial charge in [0.2, 0.25) is 11.7 Å². The Hall–Kier alpha value is -3.75. The molecule has 3 atom stereocenters. The number of aliphatic hydroxyl groups is 1. The fourth-order valence-electron chi connectivity index (χ4n) is 5.89. The normalized spacial score (nSPS) is 23.6. The Morgan fingerprint density at radius 1 is 1.14 bits per heavy atom. The van der Waals surface area contributed by atoms with Crippen molar-refractivity contribution in [2.75, 3.05) is 6.54 Å². The van der Waals surface area contributed by atoms with Crippen molar-refractivity contribution < 1.29 is 28.2 Å². The van der Waals surface area contributed by atoms with Crippen LogP contribution in [0.1, 0.15) is 120 Å². The van der Waals surface area contributed by atoms with Gasteiger partial charge in [0, 0.05) is 31.8 Å². The van der Waals surface area contributed by atoms with Gasteiger partial charge in [-0.3, -0.25) is 9.69 Å². The number of ether oxygens (including phenoxy) is 1. The highest BCUT2D eigenvalue weighted by Crippen LogP contribution is 2.42. The second kappa shape index (κ2) is 11.6. The van der Waals surface area contributed by atoms with E-state index in [2.05, 4.69) is 25.5 Å². The van der Waals surface area contributed by atoms with Crippen molar-refractivity contribution in [2.45, 2.75) is 115 Å². The number of alkyl halides is 2. The summed E-state index contributed by atoms with van der Waals surface area (Å²) < 4.78 is 36.8. The molecule has 3 aromatic heterocycles. The molecule has 1 aliphatic heterocycles. The van der Waals surface area contributed by atoms with E-state index >= 15 is 0 Å². The number of nitrogens with zero attached hydrogens (tertiary/aromatic N) is 8. The van der Waals surface area contributed by atoms with Crippen LogP contribution >= 0.6 is 0 Å². The fraction of sp³-hybridized carbons (Fsp3) is 0.690. The van der Waals surface area contributed by atoms with Gasteiger partial charge in [-0.1, -0.05) is 0 Å². The number of fused-ring (bicyclic) bond motifs is 1. The molecule has 2 fully saturated rings. The number of aromatic nitrogens is 7. The van der Waals surface area contributed by atoms with Crippen molar-refractivity contribution in [3.8, 4) is 0 Å². The van der Waals surface area contributed by atoms with Gasteiger partial charge in [-0.15, -0.1) is 0 Å². The minimum Gasteiger partial charge on any atom is -0.444 e. The maximum absolute atomic E-state index is 14.1. The van der Waals surface area contributed by atoms with Crippen molar-refractivity contribution in [3.63, 3.8) is 0 Å². The van der Waals surface area contributed by atoms with Crippen LogP contribution in [0.2, 0.25) is 0 Å². The highest BCUT2D eigenvalue weighted by molar-refractivity contribution is 5.90. The minimum absolute atomic E-state index is 0.111. The first-order chi connectivity index (χ1) is 20.5. The molecular formula is C29H41F2N9O4. The Labute approximate surface area is 254 Å². The van der Waals surface area contributed by atoms with Crippen molar-refractivity contribution in [1.29, 1.82) is 0 Å². The van der Waals surface area contributed by atoms with Crippen molar-refractivity contribution in [1.82, 2.24) is 44.6 Å². The molecule has 4 heterocycles. The Balaban J connectivity index is 1.47. The fourth-order valence-corrected chi connectivity index (χ4v) is 5.89. The zero-order valence-corrected chi connectivity index (χ0v) is 26.0. The van der Waals surface area contributed by atoms with Gasteiger partial charge < -0.3 is 15.2 Å². The third kappa shape index (κ3) is 6.97. The zero-order chi connectivity index (χ0) is 32.0. The van der Waals surface area contributed by atoms with Gasteiger partial charge in [0.15, 0.2) is 0 Å². The van der Waals surface area contributed by atoms with Gasteiger partial charge in [0.1, 0.15) is 11.9 Å². The van der Waals surface area contributed by atoms with Crippen LogP contribution in [0.4, 0.5) is 13.6 Å². The third-order valence-corrected chi connectivity index (χ3v) is 8.21. The lowest BCUT2D eigenvalue weighted by Gasteiger charge is -2.42. The molecule has 44 heavy (non-hydrogen) atoms. The zero-order valence-electron chi connectivity index (χ0n) is 26.0. The van der Waals surface area contributed by atoms with Crippen molar-refractivity contribution in [2.24, 2.45) is 5.92 Å². The number of hydrogen-bond donors (Lipinski definition) is 2.